The molecular formula is C22H28N6O5S. The van der Waals surface area contributed by atoms with E-state index in [1.54, 1.807) is 0 Å². The van der Waals surface area contributed by atoms with Crippen molar-refractivity contribution in [3.8, 4) is 0 Å². The molecule has 0 spiro atoms. The molecule has 11 nitrogen and oxygen atoms in total. The van der Waals surface area contributed by atoms with Gasteiger partial charge in [-0.1, -0.05) is 38.1 Å². The number of nitrogens with two attached hydrogens (primary N) is 1. The lowest BCUT2D eigenvalue weighted by Gasteiger charge is -2.20. The highest BCUT2D eigenvalue weighted by atomic mass is 32.2. The number of nitrogens with zero attached hydrogens (tertiary/aromatic N) is 4. The van der Waals surface area contributed by atoms with Gasteiger partial charge in [-0.15, -0.1) is 0 Å². The molecule has 1 aliphatic carbocycles. The lowest BCUT2D eigenvalue weighted by molar-refractivity contribution is -0.0353. The first-order valence-electron chi connectivity index (χ1n) is 11.1. The van der Waals surface area contributed by atoms with Gasteiger partial charge in [0.1, 0.15) is 18.5 Å². The van der Waals surface area contributed by atoms with Gasteiger partial charge in [0.2, 0.25) is 10.0 Å². The highest BCUT2D eigenvalue weighted by Gasteiger charge is 2.44. The molecule has 0 radical (unpaired) electrons. The summed E-state index contributed by atoms with van der Waals surface area (Å²) in [7, 11) is -3.73. The third-order valence-electron chi connectivity index (χ3n) is 6.75. The van der Waals surface area contributed by atoms with Crippen molar-refractivity contribution in [2.45, 2.75) is 62.7 Å². The van der Waals surface area contributed by atoms with Crippen molar-refractivity contribution in [2.75, 3.05) is 11.1 Å². The van der Waals surface area contributed by atoms with Crippen molar-refractivity contribution < 1.29 is 23.4 Å². The van der Waals surface area contributed by atoms with Gasteiger partial charge in [0, 0.05) is 0 Å². The molecule has 3 aromatic rings. The van der Waals surface area contributed by atoms with Crippen LogP contribution in [0.15, 0.2) is 36.9 Å². The summed E-state index contributed by atoms with van der Waals surface area (Å²) >= 11 is 0. The van der Waals surface area contributed by atoms with E-state index in [-0.39, 0.29) is 23.6 Å². The molecule has 12 heteroatoms. The normalized spacial score (nSPS) is 28.3. The number of nitrogens with one attached hydrogen (secondary N) is 1. The van der Waals surface area contributed by atoms with Crippen LogP contribution in [-0.2, 0) is 20.2 Å². The van der Waals surface area contributed by atoms with Crippen molar-refractivity contribution in [3.05, 3.63) is 48.0 Å². The quantitative estimate of drug-likeness (QED) is 0.395. The molecule has 0 saturated carbocycles. The fourth-order valence-corrected chi connectivity index (χ4v) is 5.62. The third-order valence-corrected chi connectivity index (χ3v) is 7.55. The minimum Gasteiger partial charge on any atom is -0.388 e. The largest absolute Gasteiger partial charge is 0.388 e. The second-order valence-corrected chi connectivity index (χ2v) is 11.4. The van der Waals surface area contributed by atoms with E-state index in [1.165, 1.54) is 28.3 Å². The summed E-state index contributed by atoms with van der Waals surface area (Å²) in [4.78, 5) is 13.2. The van der Waals surface area contributed by atoms with E-state index in [0.29, 0.717) is 17.0 Å². The van der Waals surface area contributed by atoms with Gasteiger partial charge in [-0.25, -0.2) is 28.5 Å². The first-order chi connectivity index (χ1) is 16.0. The number of imidazole rings is 1. The van der Waals surface area contributed by atoms with Crippen molar-refractivity contribution in [1.29, 1.82) is 0 Å². The van der Waals surface area contributed by atoms with E-state index in [1.807, 2.05) is 12.1 Å². The molecule has 1 saturated heterocycles. The molecule has 0 amide bonds. The molecule has 5 N–H and O–H groups in total. The Kier molecular flexibility index (Phi) is 5.60. The number of fused-ring (bicyclic) bond motifs is 2. The second kappa shape index (κ2) is 8.24. The molecule has 5 rings (SSSR count). The molecule has 1 fully saturated rings. The highest BCUT2D eigenvalue weighted by molar-refractivity contribution is 7.89. The zero-order chi connectivity index (χ0) is 24.3. The number of aliphatic hydroxyl groups is 2. The monoisotopic (exact) mass is 488 g/mol. The average Bonchev–Trinajstić information content (AvgIpc) is 3.40. The minimum atomic E-state index is -3.73. The molecule has 0 bridgehead atoms. The maximum absolute atomic E-state index is 11.3. The van der Waals surface area contributed by atoms with Crippen LogP contribution in [0.2, 0.25) is 0 Å². The van der Waals surface area contributed by atoms with Crippen LogP contribution in [0.4, 0.5) is 5.82 Å². The Morgan fingerprint density at radius 3 is 2.74 bits per heavy atom. The van der Waals surface area contributed by atoms with E-state index in [4.69, 9.17) is 9.88 Å². The van der Waals surface area contributed by atoms with Crippen LogP contribution < -0.4 is 10.5 Å². The Hall–Kier alpha value is -2.64. The first kappa shape index (κ1) is 23.1. The molecule has 2 aromatic heterocycles. The van der Waals surface area contributed by atoms with Crippen LogP contribution in [0, 0.1) is 0 Å². The second-order valence-electron chi connectivity index (χ2n) is 9.62. The summed E-state index contributed by atoms with van der Waals surface area (Å²) in [6.07, 6.45) is -0.727. The smallest absolute Gasteiger partial charge is 0.209 e. The van der Waals surface area contributed by atoms with Crippen LogP contribution in [0.1, 0.15) is 50.1 Å². The zero-order valence-corrected chi connectivity index (χ0v) is 19.7. The van der Waals surface area contributed by atoms with E-state index < -0.39 is 34.6 Å². The van der Waals surface area contributed by atoms with Gasteiger partial charge in [-0.2, -0.15) is 0 Å². The van der Waals surface area contributed by atoms with Crippen LogP contribution in [0.5, 0.6) is 0 Å². The van der Waals surface area contributed by atoms with E-state index in [0.717, 1.165) is 6.42 Å². The van der Waals surface area contributed by atoms with Gasteiger partial charge >= 0.3 is 0 Å². The number of aliphatic hydroxyl groups excluding tert-OH is 2. The summed E-state index contributed by atoms with van der Waals surface area (Å²) in [5, 5.41) is 29.5. The predicted molar refractivity (Wildman–Crippen MR) is 124 cm³/mol. The van der Waals surface area contributed by atoms with Gasteiger partial charge in [-0.3, -0.25) is 4.57 Å². The summed E-state index contributed by atoms with van der Waals surface area (Å²) in [6, 6.07) is 8.38. The molecule has 1 aliphatic heterocycles. The number of aromatic nitrogens is 4. The van der Waals surface area contributed by atoms with Crippen molar-refractivity contribution in [3.63, 3.8) is 0 Å². The summed E-state index contributed by atoms with van der Waals surface area (Å²) < 4.78 is 29.9. The Bertz CT molecular complexity index is 1330. The molecule has 3 heterocycles. The topological polar surface area (TPSA) is 165 Å². The third kappa shape index (κ3) is 4.05. The Morgan fingerprint density at radius 1 is 1.21 bits per heavy atom. The fraction of sp³-hybridized carbons (Fsp3) is 0.500. The SMILES string of the molecule is CC1(C)CC(Nc2ncnc3c2ncn3[C@@H]2O[C@H](CCS(N)(=O)=O)[C@H](O)[C@H]2O)c2ccccc21. The molecular weight excluding hydrogens is 460 g/mol. The number of hydrogen-bond acceptors (Lipinski definition) is 9. The van der Waals surface area contributed by atoms with Crippen LogP contribution in [0.25, 0.3) is 11.2 Å². The van der Waals surface area contributed by atoms with E-state index in [2.05, 4.69) is 46.2 Å². The molecule has 5 atom stereocenters. The van der Waals surface area contributed by atoms with Gasteiger partial charge in [0.25, 0.3) is 0 Å². The van der Waals surface area contributed by atoms with Gasteiger partial charge in [0.05, 0.1) is 24.2 Å². The molecule has 1 unspecified atom stereocenters. The minimum absolute atomic E-state index is 0.0176. The van der Waals surface area contributed by atoms with Crippen LogP contribution in [-0.4, -0.2) is 62.2 Å². The van der Waals surface area contributed by atoms with Crippen LogP contribution in [0.3, 0.4) is 0 Å². The van der Waals surface area contributed by atoms with Gasteiger partial charge in [0.15, 0.2) is 23.2 Å². The highest BCUT2D eigenvalue weighted by Crippen LogP contribution is 2.46. The Balaban J connectivity index is 1.42. The van der Waals surface area contributed by atoms with Crippen LogP contribution >= 0.6 is 0 Å². The number of primary sulfonamides is 1. The number of ether oxygens (including phenoxy) is 1. The predicted octanol–water partition coefficient (Wildman–Crippen LogP) is 0.959. The van der Waals surface area contributed by atoms with Gasteiger partial charge in [-0.05, 0) is 29.4 Å². The Labute approximate surface area is 197 Å². The lowest BCUT2D eigenvalue weighted by atomic mass is 9.86. The molecule has 2 aliphatic rings. The fourth-order valence-electron chi connectivity index (χ4n) is 5.06. The van der Waals surface area contributed by atoms with Gasteiger partial charge < -0.3 is 20.3 Å². The summed E-state index contributed by atoms with van der Waals surface area (Å²) in [6.45, 7) is 4.43. The standard InChI is InChI=1S/C22H28N6O5S/c1-22(2)9-14(12-5-3-4-6-13(12)22)27-19-16-20(25-10-24-19)28(11-26-16)21-18(30)17(29)15(33-21)7-8-34(23,31)32/h3-6,10-11,14-15,17-18,21,29-30H,7-9H2,1-2H3,(H2,23,31,32)(H,24,25,27)/t14?,15-,17+,18-,21-/m1/s1. The average molecular weight is 489 g/mol. The maximum atomic E-state index is 11.3. The van der Waals surface area contributed by atoms with Crippen molar-refractivity contribution in [1.82, 2.24) is 19.5 Å². The number of benzene rings is 1. The summed E-state index contributed by atoms with van der Waals surface area (Å²) in [5.41, 5.74) is 3.46. The number of rotatable bonds is 6. The number of hydrogen-bond donors (Lipinski definition) is 4. The summed E-state index contributed by atoms with van der Waals surface area (Å²) in [5.74, 6) is 0.189. The first-order valence-corrected chi connectivity index (χ1v) is 12.8. The Morgan fingerprint density at radius 2 is 1.97 bits per heavy atom. The molecule has 34 heavy (non-hydrogen) atoms. The molecule has 1 aromatic carbocycles. The van der Waals surface area contributed by atoms with Crippen molar-refractivity contribution >= 4 is 27.0 Å². The molecule has 182 valence electrons. The lowest BCUT2D eigenvalue weighted by Crippen LogP contribution is -2.33. The number of anilines is 1. The van der Waals surface area contributed by atoms with Crippen molar-refractivity contribution in [2.24, 2.45) is 5.14 Å². The van der Waals surface area contributed by atoms with E-state index >= 15 is 0 Å². The van der Waals surface area contributed by atoms with E-state index in [9.17, 15) is 18.6 Å². The zero-order valence-electron chi connectivity index (χ0n) is 18.9. The number of sulfonamides is 1. The maximum Gasteiger partial charge on any atom is 0.209 e.